The Labute approximate surface area is 344 Å². The van der Waals surface area contributed by atoms with Gasteiger partial charge in [0.05, 0.1) is 27.6 Å². The minimum atomic E-state index is 0.617. The van der Waals surface area contributed by atoms with E-state index in [4.69, 9.17) is 24.4 Å². The van der Waals surface area contributed by atoms with E-state index >= 15 is 0 Å². The maximum atomic E-state index is 6.42. The van der Waals surface area contributed by atoms with Crippen molar-refractivity contribution in [3.8, 4) is 62.2 Å². The predicted octanol–water partition coefficient (Wildman–Crippen LogP) is 13.8. The van der Waals surface area contributed by atoms with Crippen LogP contribution in [-0.2, 0) is 0 Å². The van der Waals surface area contributed by atoms with Gasteiger partial charge >= 0.3 is 0 Å². The fourth-order valence-corrected chi connectivity index (χ4v) is 8.56. The van der Waals surface area contributed by atoms with Crippen molar-refractivity contribution < 1.29 is 4.42 Å². The number of para-hydroxylation sites is 4. The summed E-state index contributed by atoms with van der Waals surface area (Å²) in [5.74, 6) is 1.86. The molecule has 0 aliphatic carbocycles. The first-order valence-corrected chi connectivity index (χ1v) is 20.1. The molecule has 60 heavy (non-hydrogen) atoms. The molecule has 0 saturated carbocycles. The molecule has 0 N–H and O–H groups in total. The van der Waals surface area contributed by atoms with Crippen LogP contribution in [0.5, 0.6) is 0 Å². The minimum absolute atomic E-state index is 0.617. The zero-order valence-corrected chi connectivity index (χ0v) is 32.2. The smallest absolute Gasteiger partial charge is 0.164 e. The highest BCUT2D eigenvalue weighted by Crippen LogP contribution is 2.40. The van der Waals surface area contributed by atoms with Gasteiger partial charge in [0.25, 0.3) is 0 Å². The summed E-state index contributed by atoms with van der Waals surface area (Å²) in [6.45, 7) is 0. The monoisotopic (exact) mass is 767 g/mol. The Kier molecular flexibility index (Phi) is 7.74. The second kappa shape index (κ2) is 13.7. The molecule has 0 bridgehead atoms. The van der Waals surface area contributed by atoms with Crippen molar-refractivity contribution in [3.05, 3.63) is 200 Å². The van der Waals surface area contributed by atoms with Crippen LogP contribution in [0.25, 0.3) is 117 Å². The van der Waals surface area contributed by atoms with Crippen molar-refractivity contribution in [2.75, 3.05) is 0 Å². The van der Waals surface area contributed by atoms with Crippen LogP contribution < -0.4 is 0 Å². The number of nitrogens with zero attached hydrogens (tertiary/aromatic N) is 5. The number of aromatic nitrogens is 5. The van der Waals surface area contributed by atoms with Crippen molar-refractivity contribution >= 4 is 54.6 Å². The van der Waals surface area contributed by atoms with E-state index in [0.29, 0.717) is 17.5 Å². The second-order valence-electron chi connectivity index (χ2n) is 15.0. The summed E-state index contributed by atoms with van der Waals surface area (Å²) in [5.41, 5.74) is 13.0. The Morgan fingerprint density at radius 1 is 0.333 bits per heavy atom. The lowest BCUT2D eigenvalue weighted by Gasteiger charge is -2.11. The van der Waals surface area contributed by atoms with Crippen LogP contribution in [-0.4, -0.2) is 24.5 Å². The summed E-state index contributed by atoms with van der Waals surface area (Å²) in [5, 5.41) is 5.58. The number of hydrogen-bond acceptors (Lipinski definition) is 5. The maximum absolute atomic E-state index is 6.42. The van der Waals surface area contributed by atoms with Gasteiger partial charge in [0.15, 0.2) is 17.5 Å². The molecule has 4 heterocycles. The summed E-state index contributed by atoms with van der Waals surface area (Å²) in [6, 6.07) is 69.1. The van der Waals surface area contributed by atoms with E-state index in [0.717, 1.165) is 77.6 Å². The molecule has 12 rings (SSSR count). The molecule has 0 radical (unpaired) electrons. The van der Waals surface area contributed by atoms with E-state index in [1.165, 1.54) is 21.8 Å². The van der Waals surface area contributed by atoms with Gasteiger partial charge in [-0.05, 0) is 65.7 Å². The standard InChI is InChI=1S/C54H33N5O/c1-2-12-37(13-3-1)52-56-53(58-54(57-52)39-30-32-40(33-31-39)59-46-19-9-5-14-41(46)42-15-6-10-20-47(42)59)38-28-24-35(25-29-38)34-22-26-36(27-23-34)50-49-44-17-7-11-21-48(44)60-51(49)43-16-4-8-18-45(43)55-50/h1-33H. The van der Waals surface area contributed by atoms with Crippen LogP contribution in [0.1, 0.15) is 0 Å². The summed E-state index contributed by atoms with van der Waals surface area (Å²) in [6.07, 6.45) is 0. The van der Waals surface area contributed by atoms with Gasteiger partial charge in [0.1, 0.15) is 11.2 Å². The molecule has 6 nitrogen and oxygen atoms in total. The summed E-state index contributed by atoms with van der Waals surface area (Å²) < 4.78 is 8.74. The van der Waals surface area contributed by atoms with Crippen molar-refractivity contribution in [3.63, 3.8) is 0 Å². The molecule has 0 aliphatic heterocycles. The fourth-order valence-electron chi connectivity index (χ4n) is 8.56. The molecule has 0 saturated heterocycles. The lowest BCUT2D eigenvalue weighted by Crippen LogP contribution is -2.00. The van der Waals surface area contributed by atoms with Gasteiger partial charge in [0, 0.05) is 49.5 Å². The van der Waals surface area contributed by atoms with Crippen molar-refractivity contribution in [2.45, 2.75) is 0 Å². The molecule has 0 unspecified atom stereocenters. The Morgan fingerprint density at radius 3 is 1.40 bits per heavy atom. The van der Waals surface area contributed by atoms with Crippen molar-refractivity contribution in [1.29, 1.82) is 0 Å². The van der Waals surface area contributed by atoms with Crippen LogP contribution in [0.2, 0.25) is 0 Å². The van der Waals surface area contributed by atoms with Gasteiger partial charge in [-0.25, -0.2) is 19.9 Å². The maximum Gasteiger partial charge on any atom is 0.164 e. The third-order valence-corrected chi connectivity index (χ3v) is 11.5. The van der Waals surface area contributed by atoms with Gasteiger partial charge in [-0.2, -0.15) is 0 Å². The highest BCUT2D eigenvalue weighted by Gasteiger charge is 2.18. The second-order valence-corrected chi connectivity index (χ2v) is 15.0. The Hall–Kier alpha value is -8.22. The molecule has 0 aliphatic rings. The first-order chi connectivity index (χ1) is 29.7. The molecular formula is C54H33N5O. The number of benzene rings is 8. The van der Waals surface area contributed by atoms with Gasteiger partial charge in [-0.3, -0.25) is 0 Å². The summed E-state index contributed by atoms with van der Waals surface area (Å²) >= 11 is 0. The lowest BCUT2D eigenvalue weighted by molar-refractivity contribution is 0.672. The SMILES string of the molecule is c1ccc(-c2nc(-c3ccc(-c4ccc(-c5nc6ccccc6c6oc7ccccc7c56)cc4)cc3)nc(-c3ccc(-n4c5ccccc5c5ccccc54)cc3)n2)cc1. The fraction of sp³-hybridized carbons (Fsp3) is 0. The van der Waals surface area contributed by atoms with E-state index < -0.39 is 0 Å². The van der Waals surface area contributed by atoms with E-state index in [1.54, 1.807) is 0 Å². The Bertz CT molecular complexity index is 3520. The summed E-state index contributed by atoms with van der Waals surface area (Å²) in [7, 11) is 0. The average molecular weight is 768 g/mol. The number of hydrogen-bond donors (Lipinski definition) is 0. The van der Waals surface area contributed by atoms with E-state index in [2.05, 4.69) is 144 Å². The van der Waals surface area contributed by atoms with Crippen LogP contribution in [0.15, 0.2) is 205 Å². The molecule has 8 aromatic carbocycles. The average Bonchev–Trinajstić information content (AvgIpc) is 3.89. The molecule has 0 atom stereocenters. The van der Waals surface area contributed by atoms with Gasteiger partial charge in [-0.15, -0.1) is 0 Å². The van der Waals surface area contributed by atoms with Gasteiger partial charge in [0.2, 0.25) is 0 Å². The molecule has 0 fully saturated rings. The highest BCUT2D eigenvalue weighted by molar-refractivity contribution is 6.19. The number of fused-ring (bicyclic) bond motifs is 8. The van der Waals surface area contributed by atoms with Crippen LogP contribution in [0.3, 0.4) is 0 Å². The summed E-state index contributed by atoms with van der Waals surface area (Å²) in [4.78, 5) is 20.2. The van der Waals surface area contributed by atoms with Crippen LogP contribution in [0, 0.1) is 0 Å². The normalized spacial score (nSPS) is 11.7. The quantitative estimate of drug-likeness (QED) is 0.168. The highest BCUT2D eigenvalue weighted by atomic mass is 16.3. The third-order valence-electron chi connectivity index (χ3n) is 11.5. The predicted molar refractivity (Wildman–Crippen MR) is 244 cm³/mol. The van der Waals surface area contributed by atoms with Crippen molar-refractivity contribution in [2.24, 2.45) is 0 Å². The number of pyridine rings is 1. The Balaban J connectivity index is 0.892. The van der Waals surface area contributed by atoms with Crippen molar-refractivity contribution in [1.82, 2.24) is 24.5 Å². The Morgan fingerprint density at radius 2 is 0.783 bits per heavy atom. The molecule has 0 spiro atoms. The zero-order valence-electron chi connectivity index (χ0n) is 32.2. The number of rotatable bonds is 6. The van der Waals surface area contributed by atoms with Crippen LogP contribution >= 0.6 is 0 Å². The number of furan rings is 1. The molecule has 4 aromatic heterocycles. The molecular weight excluding hydrogens is 735 g/mol. The van der Waals surface area contributed by atoms with Gasteiger partial charge < -0.3 is 8.98 Å². The van der Waals surface area contributed by atoms with E-state index in [9.17, 15) is 0 Å². The van der Waals surface area contributed by atoms with Crippen LogP contribution in [0.4, 0.5) is 0 Å². The third kappa shape index (κ3) is 5.57. The van der Waals surface area contributed by atoms with E-state index in [-0.39, 0.29) is 0 Å². The molecule has 6 heteroatoms. The lowest BCUT2D eigenvalue weighted by atomic mass is 9.99. The first kappa shape index (κ1) is 33.9. The largest absolute Gasteiger partial charge is 0.455 e. The zero-order chi connectivity index (χ0) is 39.6. The molecule has 0 amide bonds. The first-order valence-electron chi connectivity index (χ1n) is 20.1. The topological polar surface area (TPSA) is 69.6 Å². The van der Waals surface area contributed by atoms with Gasteiger partial charge in [-0.1, -0.05) is 146 Å². The molecule has 280 valence electrons. The minimum Gasteiger partial charge on any atom is -0.455 e. The van der Waals surface area contributed by atoms with E-state index in [1.807, 2.05) is 60.7 Å². The molecule has 12 aromatic rings.